The Balaban J connectivity index is 1.48. The molecule has 1 aromatic rings. The molecule has 1 unspecified atom stereocenters. The van der Waals surface area contributed by atoms with Crippen molar-refractivity contribution in [1.82, 2.24) is 9.80 Å². The standard InChI is InChI=1S/C19H28N2O3/c1-14(2)20-8-10-21(11-9-20)15(3)17(22)6-4-16-5-7-18-19(12-16)24-13-23-18/h5,7,12,14-15H,4,6,8-11,13H2,1-3H3. The van der Waals surface area contributed by atoms with Gasteiger partial charge in [0, 0.05) is 38.6 Å². The van der Waals surface area contributed by atoms with E-state index >= 15 is 0 Å². The number of aryl methyl sites for hydroxylation is 1. The van der Waals surface area contributed by atoms with E-state index in [4.69, 9.17) is 9.47 Å². The van der Waals surface area contributed by atoms with Crippen molar-refractivity contribution in [2.24, 2.45) is 0 Å². The lowest BCUT2D eigenvalue weighted by atomic mass is 10.0. The van der Waals surface area contributed by atoms with Gasteiger partial charge in [0.1, 0.15) is 5.78 Å². The second-order valence-electron chi connectivity index (χ2n) is 7.00. The Morgan fingerprint density at radius 1 is 1.04 bits per heavy atom. The normalized spacial score (nSPS) is 19.7. The van der Waals surface area contributed by atoms with Gasteiger partial charge in [0.15, 0.2) is 11.5 Å². The molecule has 0 aliphatic carbocycles. The average Bonchev–Trinajstić information content (AvgIpc) is 3.06. The maximum absolute atomic E-state index is 12.6. The van der Waals surface area contributed by atoms with Crippen molar-refractivity contribution in [3.8, 4) is 11.5 Å². The van der Waals surface area contributed by atoms with Gasteiger partial charge in [-0.15, -0.1) is 0 Å². The number of Topliss-reactive ketones (excluding diaryl/α,β-unsaturated/α-hetero) is 1. The molecule has 2 aliphatic heterocycles. The zero-order valence-corrected chi connectivity index (χ0v) is 15.0. The minimum Gasteiger partial charge on any atom is -0.454 e. The van der Waals surface area contributed by atoms with Crippen LogP contribution >= 0.6 is 0 Å². The van der Waals surface area contributed by atoms with Crippen LogP contribution < -0.4 is 9.47 Å². The van der Waals surface area contributed by atoms with E-state index in [1.165, 1.54) is 0 Å². The molecule has 1 aromatic carbocycles. The van der Waals surface area contributed by atoms with Crippen molar-refractivity contribution < 1.29 is 14.3 Å². The Bertz CT molecular complexity index is 580. The van der Waals surface area contributed by atoms with Crippen LogP contribution in [-0.4, -0.2) is 60.6 Å². The number of fused-ring (bicyclic) bond motifs is 1. The highest BCUT2D eigenvalue weighted by molar-refractivity contribution is 5.83. The molecule has 0 N–H and O–H groups in total. The number of carbonyl (C=O) groups excluding carboxylic acids is 1. The van der Waals surface area contributed by atoms with Crippen molar-refractivity contribution in [2.75, 3.05) is 33.0 Å². The Morgan fingerprint density at radius 2 is 1.71 bits per heavy atom. The summed E-state index contributed by atoms with van der Waals surface area (Å²) in [6, 6.07) is 6.53. The van der Waals surface area contributed by atoms with E-state index in [-0.39, 0.29) is 12.8 Å². The highest BCUT2D eigenvalue weighted by atomic mass is 16.7. The fourth-order valence-corrected chi connectivity index (χ4v) is 3.42. The number of ketones is 1. The first-order valence-electron chi connectivity index (χ1n) is 8.94. The molecular formula is C19H28N2O3. The number of rotatable bonds is 6. The monoisotopic (exact) mass is 332 g/mol. The zero-order chi connectivity index (χ0) is 17.1. The summed E-state index contributed by atoms with van der Waals surface area (Å²) in [5.74, 6) is 1.91. The van der Waals surface area contributed by atoms with Gasteiger partial charge in [0.2, 0.25) is 6.79 Å². The summed E-state index contributed by atoms with van der Waals surface area (Å²) in [6.45, 7) is 10.9. The predicted molar refractivity (Wildman–Crippen MR) is 93.6 cm³/mol. The van der Waals surface area contributed by atoms with E-state index in [2.05, 4.69) is 23.6 Å². The van der Waals surface area contributed by atoms with Crippen LogP contribution in [0.3, 0.4) is 0 Å². The van der Waals surface area contributed by atoms with Crippen LogP contribution in [0.1, 0.15) is 32.8 Å². The number of piperazine rings is 1. The number of hydrogen-bond donors (Lipinski definition) is 0. The molecule has 5 heteroatoms. The van der Waals surface area contributed by atoms with Gasteiger partial charge in [-0.3, -0.25) is 14.6 Å². The molecular weight excluding hydrogens is 304 g/mol. The second-order valence-corrected chi connectivity index (χ2v) is 7.00. The third-order valence-electron chi connectivity index (χ3n) is 5.19. The molecule has 3 rings (SSSR count). The number of ether oxygens (including phenoxy) is 2. The topological polar surface area (TPSA) is 42.0 Å². The number of benzene rings is 1. The summed E-state index contributed by atoms with van der Waals surface area (Å²) < 4.78 is 10.7. The van der Waals surface area contributed by atoms with Gasteiger partial charge in [0.25, 0.3) is 0 Å². The van der Waals surface area contributed by atoms with Crippen LogP contribution in [-0.2, 0) is 11.2 Å². The molecule has 0 radical (unpaired) electrons. The quantitative estimate of drug-likeness (QED) is 0.800. The van der Waals surface area contributed by atoms with Gasteiger partial charge < -0.3 is 9.47 Å². The van der Waals surface area contributed by atoms with E-state index in [0.29, 0.717) is 18.2 Å². The van der Waals surface area contributed by atoms with Crippen LogP contribution in [0.2, 0.25) is 0 Å². The number of hydrogen-bond acceptors (Lipinski definition) is 5. The van der Waals surface area contributed by atoms with Gasteiger partial charge in [-0.25, -0.2) is 0 Å². The SMILES string of the molecule is CC(C)N1CCN(C(C)C(=O)CCc2ccc3c(c2)OCO3)CC1. The Kier molecular flexibility index (Phi) is 5.41. The van der Waals surface area contributed by atoms with Crippen LogP contribution in [0.5, 0.6) is 11.5 Å². The number of nitrogens with zero attached hydrogens (tertiary/aromatic N) is 2. The van der Waals surface area contributed by atoms with E-state index in [1.807, 2.05) is 25.1 Å². The predicted octanol–water partition coefficient (Wildman–Crippen LogP) is 2.33. The molecule has 1 saturated heterocycles. The number of carbonyl (C=O) groups is 1. The van der Waals surface area contributed by atoms with Crippen LogP contribution in [0.25, 0.3) is 0 Å². The maximum Gasteiger partial charge on any atom is 0.231 e. The van der Waals surface area contributed by atoms with Gasteiger partial charge in [0.05, 0.1) is 6.04 Å². The van der Waals surface area contributed by atoms with Crippen LogP contribution in [0.4, 0.5) is 0 Å². The lowest BCUT2D eigenvalue weighted by Crippen LogP contribution is -2.53. The van der Waals surface area contributed by atoms with Crippen molar-refractivity contribution in [3.05, 3.63) is 23.8 Å². The Hall–Kier alpha value is -1.59. The summed E-state index contributed by atoms with van der Waals surface area (Å²) in [6.07, 6.45) is 1.33. The highest BCUT2D eigenvalue weighted by Gasteiger charge is 2.26. The first-order valence-corrected chi connectivity index (χ1v) is 8.94. The molecule has 0 amide bonds. The van der Waals surface area contributed by atoms with E-state index in [0.717, 1.165) is 49.7 Å². The molecule has 0 bridgehead atoms. The first kappa shape index (κ1) is 17.2. The molecule has 5 nitrogen and oxygen atoms in total. The molecule has 0 aromatic heterocycles. The third kappa shape index (κ3) is 3.90. The Morgan fingerprint density at radius 3 is 2.42 bits per heavy atom. The van der Waals surface area contributed by atoms with Gasteiger partial charge in [-0.2, -0.15) is 0 Å². The largest absolute Gasteiger partial charge is 0.454 e. The molecule has 1 fully saturated rings. The minimum atomic E-state index is 0.00771. The van der Waals surface area contributed by atoms with Crippen LogP contribution in [0, 0.1) is 0 Å². The molecule has 0 spiro atoms. The molecule has 24 heavy (non-hydrogen) atoms. The molecule has 132 valence electrons. The first-order chi connectivity index (χ1) is 11.5. The van der Waals surface area contributed by atoms with Crippen molar-refractivity contribution in [2.45, 2.75) is 45.7 Å². The second kappa shape index (κ2) is 7.53. The molecule has 2 aliphatic rings. The smallest absolute Gasteiger partial charge is 0.231 e. The Labute approximate surface area is 144 Å². The van der Waals surface area contributed by atoms with Crippen LogP contribution in [0.15, 0.2) is 18.2 Å². The average molecular weight is 332 g/mol. The molecule has 1 atom stereocenters. The fourth-order valence-electron chi connectivity index (χ4n) is 3.42. The van der Waals surface area contributed by atoms with Crippen molar-refractivity contribution in [3.63, 3.8) is 0 Å². The maximum atomic E-state index is 12.6. The van der Waals surface area contributed by atoms with E-state index in [1.54, 1.807) is 0 Å². The third-order valence-corrected chi connectivity index (χ3v) is 5.19. The summed E-state index contributed by atoms with van der Waals surface area (Å²) in [7, 11) is 0. The van der Waals surface area contributed by atoms with E-state index in [9.17, 15) is 4.79 Å². The minimum absolute atomic E-state index is 0.00771. The molecule has 2 heterocycles. The van der Waals surface area contributed by atoms with E-state index < -0.39 is 0 Å². The summed E-state index contributed by atoms with van der Waals surface area (Å²) in [5.41, 5.74) is 1.13. The fraction of sp³-hybridized carbons (Fsp3) is 0.632. The lowest BCUT2D eigenvalue weighted by Gasteiger charge is -2.39. The van der Waals surface area contributed by atoms with Gasteiger partial charge >= 0.3 is 0 Å². The van der Waals surface area contributed by atoms with Gasteiger partial charge in [-0.1, -0.05) is 6.07 Å². The summed E-state index contributed by atoms with van der Waals surface area (Å²) in [4.78, 5) is 17.3. The van der Waals surface area contributed by atoms with Gasteiger partial charge in [-0.05, 0) is 44.9 Å². The summed E-state index contributed by atoms with van der Waals surface area (Å²) in [5, 5.41) is 0. The lowest BCUT2D eigenvalue weighted by molar-refractivity contribution is -0.124. The highest BCUT2D eigenvalue weighted by Crippen LogP contribution is 2.32. The molecule has 0 saturated carbocycles. The van der Waals surface area contributed by atoms with Crippen molar-refractivity contribution >= 4 is 5.78 Å². The summed E-state index contributed by atoms with van der Waals surface area (Å²) >= 11 is 0. The zero-order valence-electron chi connectivity index (χ0n) is 15.0. The van der Waals surface area contributed by atoms with Crippen molar-refractivity contribution in [1.29, 1.82) is 0 Å².